The fraction of sp³-hybridized carbons (Fsp3) is 0.259. The highest BCUT2D eigenvalue weighted by atomic mass is 32.2. The number of furan rings is 1. The van der Waals surface area contributed by atoms with Crippen LogP contribution >= 0.6 is 23.1 Å². The van der Waals surface area contributed by atoms with Crippen molar-refractivity contribution in [1.82, 2.24) is 25.4 Å². The molecular weight excluding hydrogens is 522 g/mol. The van der Waals surface area contributed by atoms with Crippen molar-refractivity contribution in [2.75, 3.05) is 12.4 Å². The maximum atomic E-state index is 13.0. The third-order valence-corrected chi connectivity index (χ3v) is 7.86. The molecule has 1 aliphatic heterocycles. The molecule has 0 fully saturated rings. The normalized spacial score (nSPS) is 15.3. The number of amides is 2. The molecule has 5 rings (SSSR count). The fourth-order valence-electron chi connectivity index (χ4n) is 4.22. The van der Waals surface area contributed by atoms with Crippen LogP contribution in [0, 0.1) is 0 Å². The molecular formula is C27H27N5O4S2. The number of aromatic nitrogens is 3. The number of carbonyl (C=O) groups excluding carboxylic acids is 2. The van der Waals surface area contributed by atoms with Gasteiger partial charge in [-0.3, -0.25) is 0 Å². The van der Waals surface area contributed by atoms with E-state index in [9.17, 15) is 9.59 Å². The first-order chi connectivity index (χ1) is 18.6. The molecule has 4 aromatic rings. The van der Waals surface area contributed by atoms with Gasteiger partial charge in [-0.15, -0.1) is 21.5 Å². The number of carbonyl (C=O) groups is 2. The molecule has 9 nitrogen and oxygen atoms in total. The van der Waals surface area contributed by atoms with Crippen LogP contribution in [0.1, 0.15) is 35.0 Å². The Morgan fingerprint density at radius 2 is 2.03 bits per heavy atom. The number of nitrogens with one attached hydrogen (secondary N) is 2. The van der Waals surface area contributed by atoms with Gasteiger partial charge in [-0.2, -0.15) is 0 Å². The Hall–Kier alpha value is -3.83. The van der Waals surface area contributed by atoms with Crippen LogP contribution in [0.5, 0.6) is 0 Å². The third kappa shape index (κ3) is 6.00. The maximum Gasteiger partial charge on any atom is 0.338 e. The number of thiophene rings is 1. The number of nitrogens with zero attached hydrogens (tertiary/aromatic N) is 3. The van der Waals surface area contributed by atoms with E-state index in [1.165, 1.54) is 28.5 Å². The van der Waals surface area contributed by atoms with Crippen molar-refractivity contribution in [2.45, 2.75) is 37.5 Å². The zero-order chi connectivity index (χ0) is 26.3. The van der Waals surface area contributed by atoms with Gasteiger partial charge >= 0.3 is 12.0 Å². The van der Waals surface area contributed by atoms with E-state index in [2.05, 4.69) is 43.6 Å². The molecule has 38 heavy (non-hydrogen) atoms. The first-order valence-corrected chi connectivity index (χ1v) is 14.1. The van der Waals surface area contributed by atoms with Gasteiger partial charge in [-0.05, 0) is 42.5 Å². The summed E-state index contributed by atoms with van der Waals surface area (Å²) in [5, 5.41) is 17.3. The minimum absolute atomic E-state index is 0.210. The lowest BCUT2D eigenvalue weighted by atomic mass is 10.0. The average Bonchev–Trinajstić information content (AvgIpc) is 3.70. The van der Waals surface area contributed by atoms with E-state index in [4.69, 9.17) is 9.15 Å². The summed E-state index contributed by atoms with van der Waals surface area (Å²) in [6.07, 6.45) is 3.00. The van der Waals surface area contributed by atoms with Crippen LogP contribution in [0.3, 0.4) is 0 Å². The van der Waals surface area contributed by atoms with E-state index in [0.717, 1.165) is 12.2 Å². The van der Waals surface area contributed by atoms with Crippen LogP contribution in [0.2, 0.25) is 0 Å². The van der Waals surface area contributed by atoms with Crippen molar-refractivity contribution in [2.24, 2.45) is 0 Å². The molecule has 0 aliphatic carbocycles. The molecule has 0 saturated heterocycles. The molecule has 0 saturated carbocycles. The van der Waals surface area contributed by atoms with Crippen LogP contribution in [-0.2, 0) is 28.9 Å². The number of ether oxygens (including phenoxy) is 1. The quantitative estimate of drug-likeness (QED) is 0.206. The molecule has 0 spiro atoms. The van der Waals surface area contributed by atoms with Crippen LogP contribution in [0.15, 0.2) is 87.1 Å². The lowest BCUT2D eigenvalue weighted by Crippen LogP contribution is -2.46. The van der Waals surface area contributed by atoms with E-state index in [1.54, 1.807) is 30.4 Å². The molecule has 11 heteroatoms. The first-order valence-electron chi connectivity index (χ1n) is 12.2. The zero-order valence-corrected chi connectivity index (χ0v) is 22.4. The monoisotopic (exact) mass is 549 g/mol. The number of hydrogen-bond acceptors (Lipinski definition) is 8. The Morgan fingerprint density at radius 1 is 1.16 bits per heavy atom. The Labute approximate surface area is 228 Å². The van der Waals surface area contributed by atoms with Crippen molar-refractivity contribution < 1.29 is 18.7 Å². The van der Waals surface area contributed by atoms with Crippen molar-refractivity contribution in [3.8, 4) is 0 Å². The summed E-state index contributed by atoms with van der Waals surface area (Å²) in [6, 6.07) is 16.6. The Morgan fingerprint density at radius 3 is 2.76 bits per heavy atom. The van der Waals surface area contributed by atoms with Crippen LogP contribution in [0.25, 0.3) is 0 Å². The van der Waals surface area contributed by atoms with Crippen molar-refractivity contribution in [1.29, 1.82) is 0 Å². The smallest absolute Gasteiger partial charge is 0.338 e. The van der Waals surface area contributed by atoms with Gasteiger partial charge in [-0.1, -0.05) is 48.2 Å². The third-order valence-electron chi connectivity index (χ3n) is 6.00. The number of benzene rings is 1. The van der Waals surface area contributed by atoms with Gasteiger partial charge in [0.1, 0.15) is 17.6 Å². The van der Waals surface area contributed by atoms with Gasteiger partial charge in [-0.25, -0.2) is 9.59 Å². The zero-order valence-electron chi connectivity index (χ0n) is 20.8. The highest BCUT2D eigenvalue weighted by Gasteiger charge is 2.35. The highest BCUT2D eigenvalue weighted by Crippen LogP contribution is 2.31. The predicted octanol–water partition coefficient (Wildman–Crippen LogP) is 4.73. The van der Waals surface area contributed by atoms with Crippen molar-refractivity contribution >= 4 is 35.1 Å². The molecule has 2 amide bonds. The SMILES string of the molecule is CCOC(=O)C1=C(CSc2nnc(Cc3cccs3)n2CCc2ccccc2)NC(=O)NC1c1ccco1. The van der Waals surface area contributed by atoms with E-state index < -0.39 is 18.0 Å². The molecule has 2 N–H and O–H groups in total. The number of aryl methyl sites for hydroxylation is 1. The summed E-state index contributed by atoms with van der Waals surface area (Å²) >= 11 is 3.10. The molecule has 1 atom stereocenters. The molecule has 4 heterocycles. The summed E-state index contributed by atoms with van der Waals surface area (Å²) in [4.78, 5) is 26.7. The average molecular weight is 550 g/mol. The summed E-state index contributed by atoms with van der Waals surface area (Å²) < 4.78 is 13.0. The number of hydrogen-bond donors (Lipinski definition) is 2. The predicted molar refractivity (Wildman–Crippen MR) is 145 cm³/mol. The van der Waals surface area contributed by atoms with E-state index >= 15 is 0 Å². The van der Waals surface area contributed by atoms with Crippen LogP contribution < -0.4 is 10.6 Å². The van der Waals surface area contributed by atoms with E-state index in [1.807, 2.05) is 29.6 Å². The molecule has 0 bridgehead atoms. The summed E-state index contributed by atoms with van der Waals surface area (Å²) in [6.45, 7) is 2.65. The van der Waals surface area contributed by atoms with Gasteiger partial charge in [0.15, 0.2) is 5.16 Å². The Bertz CT molecular complexity index is 1400. The lowest BCUT2D eigenvalue weighted by Gasteiger charge is -2.27. The first kappa shape index (κ1) is 25.8. The van der Waals surface area contributed by atoms with Gasteiger partial charge in [0.2, 0.25) is 0 Å². The summed E-state index contributed by atoms with van der Waals surface area (Å²) in [5.41, 5.74) is 1.98. The molecule has 3 aromatic heterocycles. The van der Waals surface area contributed by atoms with Crippen LogP contribution in [-0.4, -0.2) is 39.1 Å². The number of thioether (sulfide) groups is 1. The Kier molecular flexibility index (Phi) is 8.25. The summed E-state index contributed by atoms with van der Waals surface area (Å²) in [5.74, 6) is 1.10. The molecule has 1 aromatic carbocycles. The molecule has 196 valence electrons. The van der Waals surface area contributed by atoms with Gasteiger partial charge in [0.25, 0.3) is 0 Å². The molecule has 1 aliphatic rings. The maximum absolute atomic E-state index is 13.0. The van der Waals surface area contributed by atoms with Crippen molar-refractivity contribution in [3.05, 3.63) is 99.5 Å². The minimum Gasteiger partial charge on any atom is -0.467 e. The molecule has 1 unspecified atom stereocenters. The fourth-order valence-corrected chi connectivity index (χ4v) is 5.88. The van der Waals surface area contributed by atoms with Gasteiger partial charge < -0.3 is 24.4 Å². The largest absolute Gasteiger partial charge is 0.467 e. The van der Waals surface area contributed by atoms with Gasteiger partial charge in [0, 0.05) is 29.3 Å². The van der Waals surface area contributed by atoms with Crippen LogP contribution in [0.4, 0.5) is 4.79 Å². The van der Waals surface area contributed by atoms with E-state index in [0.29, 0.717) is 40.9 Å². The second kappa shape index (κ2) is 12.1. The Balaban J connectivity index is 1.43. The number of rotatable bonds is 11. The second-order valence-corrected chi connectivity index (χ2v) is 10.5. The topological polar surface area (TPSA) is 111 Å². The minimum atomic E-state index is -0.751. The summed E-state index contributed by atoms with van der Waals surface area (Å²) in [7, 11) is 0. The highest BCUT2D eigenvalue weighted by molar-refractivity contribution is 7.99. The van der Waals surface area contributed by atoms with Gasteiger partial charge in [0.05, 0.1) is 18.4 Å². The molecule has 0 radical (unpaired) electrons. The second-order valence-electron chi connectivity index (χ2n) is 8.49. The lowest BCUT2D eigenvalue weighted by molar-refractivity contribution is -0.139. The number of urea groups is 1. The van der Waals surface area contributed by atoms with Crippen molar-refractivity contribution in [3.63, 3.8) is 0 Å². The van der Waals surface area contributed by atoms with E-state index in [-0.39, 0.29) is 6.61 Å². The number of esters is 1. The standard InChI is InChI=1S/C27H27N5O4S2/c1-2-35-25(33)23-20(28-26(34)29-24(23)21-11-6-14-36-21)17-38-27-31-30-22(16-19-10-7-15-37-19)32(27)13-12-18-8-4-3-5-9-18/h3-11,14-15,24H,2,12-13,16-17H2,1H3,(H2,28,29,34).